The second-order valence-electron chi connectivity index (χ2n) is 10.2. The van der Waals surface area contributed by atoms with Crippen LogP contribution in [0, 0.1) is 19.8 Å². The maximum Gasteiger partial charge on any atom is 0.225 e. The van der Waals surface area contributed by atoms with Crippen molar-refractivity contribution < 1.29 is 14.6 Å². The van der Waals surface area contributed by atoms with Gasteiger partial charge in [0.15, 0.2) is 5.79 Å². The van der Waals surface area contributed by atoms with Gasteiger partial charge in [0.1, 0.15) is 16.9 Å². The topological polar surface area (TPSA) is 101 Å². The largest absolute Gasteiger partial charge is 0.396 e. The first-order chi connectivity index (χ1) is 17.8. The monoisotopic (exact) mass is 537 g/mol. The van der Waals surface area contributed by atoms with Gasteiger partial charge in [-0.3, -0.25) is 0 Å². The molecular weight excluding hydrogens is 506 g/mol. The number of aryl methyl sites for hydroxylation is 2. The molecule has 37 heavy (non-hydrogen) atoms. The van der Waals surface area contributed by atoms with Gasteiger partial charge in [-0.15, -0.1) is 22.7 Å². The third kappa shape index (κ3) is 4.84. The van der Waals surface area contributed by atoms with Gasteiger partial charge in [0.2, 0.25) is 5.95 Å². The Bertz CT molecular complexity index is 1400. The highest BCUT2D eigenvalue weighted by atomic mass is 32.1. The highest BCUT2D eigenvalue weighted by Gasteiger charge is 2.54. The van der Waals surface area contributed by atoms with Crippen molar-refractivity contribution in [1.29, 1.82) is 0 Å². The van der Waals surface area contributed by atoms with Crippen LogP contribution < -0.4 is 10.6 Å². The standard InChI is InChI=1S/C27H31N5O3S2/c1-14-13-36-21(29-14)11-28-26-30-15(2)22(20-10-16-7-5-6-8-19(16)37-20)25(32-26)31-18-9-17(12-33)23-24(18)35-27(3,4)34-23/h5-8,10,13,17-18,23-24,33H,9,11-12H2,1-4H3,(H2,28,30,31,32)/t17-,18-,23-,24+/m1/s1. The minimum atomic E-state index is -0.683. The van der Waals surface area contributed by atoms with E-state index in [0.717, 1.165) is 39.1 Å². The molecule has 2 aliphatic rings. The van der Waals surface area contributed by atoms with Gasteiger partial charge in [-0.05, 0) is 51.6 Å². The van der Waals surface area contributed by atoms with E-state index < -0.39 is 5.79 Å². The number of thiophene rings is 1. The maximum atomic E-state index is 10.0. The fraction of sp³-hybridized carbons (Fsp3) is 0.444. The Morgan fingerprint density at radius 2 is 1.92 bits per heavy atom. The molecule has 194 valence electrons. The van der Waals surface area contributed by atoms with Gasteiger partial charge < -0.3 is 25.2 Å². The number of aliphatic hydroxyl groups excluding tert-OH is 1. The molecule has 0 spiro atoms. The molecule has 1 aromatic carbocycles. The summed E-state index contributed by atoms with van der Waals surface area (Å²) in [4.78, 5) is 15.4. The lowest BCUT2D eigenvalue weighted by Gasteiger charge is -2.25. The van der Waals surface area contributed by atoms with E-state index in [-0.39, 0.29) is 30.8 Å². The third-order valence-corrected chi connectivity index (χ3v) is 9.06. The van der Waals surface area contributed by atoms with Crippen molar-refractivity contribution in [2.45, 2.75) is 64.7 Å². The van der Waals surface area contributed by atoms with Crippen LogP contribution in [0.2, 0.25) is 0 Å². The Morgan fingerprint density at radius 3 is 2.68 bits per heavy atom. The SMILES string of the molecule is Cc1csc(CNc2nc(C)c(-c3cc4ccccc4s3)c(N[C@@H]3C[C@H](CO)[C@H]4OC(C)(C)O[C@H]43)n2)n1. The predicted molar refractivity (Wildman–Crippen MR) is 148 cm³/mol. The van der Waals surface area contributed by atoms with Gasteiger partial charge in [-0.25, -0.2) is 9.97 Å². The Labute approximate surface area is 224 Å². The minimum absolute atomic E-state index is 0.00530. The number of hydrogen-bond acceptors (Lipinski definition) is 10. The molecule has 1 aliphatic carbocycles. The van der Waals surface area contributed by atoms with E-state index in [1.807, 2.05) is 33.1 Å². The quantitative estimate of drug-likeness (QED) is 0.290. The molecule has 3 N–H and O–H groups in total. The highest BCUT2D eigenvalue weighted by molar-refractivity contribution is 7.22. The molecule has 4 heterocycles. The van der Waals surface area contributed by atoms with Crippen molar-refractivity contribution in [3.8, 4) is 10.4 Å². The number of rotatable bonds is 7. The van der Waals surface area contributed by atoms with E-state index in [4.69, 9.17) is 19.4 Å². The Hall–Kier alpha value is -2.63. The van der Waals surface area contributed by atoms with E-state index in [1.165, 1.54) is 10.1 Å². The van der Waals surface area contributed by atoms with Crippen LogP contribution in [0.3, 0.4) is 0 Å². The summed E-state index contributed by atoms with van der Waals surface area (Å²) < 4.78 is 13.7. The summed E-state index contributed by atoms with van der Waals surface area (Å²) in [6.07, 6.45) is 0.407. The summed E-state index contributed by atoms with van der Waals surface area (Å²) in [5.74, 6) is 0.630. The molecule has 0 unspecified atom stereocenters. The predicted octanol–water partition coefficient (Wildman–Crippen LogP) is 5.36. The second-order valence-corrected chi connectivity index (χ2v) is 12.3. The molecule has 1 aliphatic heterocycles. The molecule has 1 saturated carbocycles. The van der Waals surface area contributed by atoms with Gasteiger partial charge in [-0.1, -0.05) is 18.2 Å². The minimum Gasteiger partial charge on any atom is -0.396 e. The molecular formula is C27H31N5O3S2. The highest BCUT2D eigenvalue weighted by Crippen LogP contribution is 2.44. The second kappa shape index (κ2) is 9.59. The van der Waals surface area contributed by atoms with E-state index in [9.17, 15) is 5.11 Å². The molecule has 0 bridgehead atoms. The maximum absolute atomic E-state index is 10.0. The Kier molecular flexibility index (Phi) is 6.40. The zero-order chi connectivity index (χ0) is 25.7. The molecule has 0 amide bonds. The summed E-state index contributed by atoms with van der Waals surface area (Å²) in [6, 6.07) is 10.5. The molecule has 6 rings (SSSR count). The van der Waals surface area contributed by atoms with Crippen molar-refractivity contribution in [3.05, 3.63) is 52.1 Å². The summed E-state index contributed by atoms with van der Waals surface area (Å²) in [6.45, 7) is 8.49. The molecule has 0 radical (unpaired) electrons. The summed E-state index contributed by atoms with van der Waals surface area (Å²) in [5, 5.41) is 21.3. The van der Waals surface area contributed by atoms with Crippen LogP contribution in [0.4, 0.5) is 11.8 Å². The van der Waals surface area contributed by atoms with Crippen LogP contribution in [-0.4, -0.2) is 50.7 Å². The van der Waals surface area contributed by atoms with Gasteiger partial charge in [0, 0.05) is 33.2 Å². The summed E-state index contributed by atoms with van der Waals surface area (Å²) in [5.41, 5.74) is 2.88. The Morgan fingerprint density at radius 1 is 1.11 bits per heavy atom. The van der Waals surface area contributed by atoms with Crippen molar-refractivity contribution in [1.82, 2.24) is 15.0 Å². The molecule has 1 saturated heterocycles. The first-order valence-electron chi connectivity index (χ1n) is 12.5. The average molecular weight is 538 g/mol. The number of aliphatic hydroxyl groups is 1. The number of aromatic nitrogens is 3. The fourth-order valence-electron chi connectivity index (χ4n) is 5.38. The van der Waals surface area contributed by atoms with Crippen molar-refractivity contribution in [2.75, 3.05) is 17.2 Å². The first kappa shape index (κ1) is 24.7. The van der Waals surface area contributed by atoms with Crippen molar-refractivity contribution in [2.24, 2.45) is 5.92 Å². The van der Waals surface area contributed by atoms with E-state index >= 15 is 0 Å². The van der Waals surface area contributed by atoms with Crippen molar-refractivity contribution in [3.63, 3.8) is 0 Å². The molecule has 10 heteroatoms. The van der Waals surface area contributed by atoms with Crippen LogP contribution in [0.25, 0.3) is 20.5 Å². The van der Waals surface area contributed by atoms with Crippen LogP contribution in [0.5, 0.6) is 0 Å². The number of fused-ring (bicyclic) bond motifs is 2. The summed E-state index contributed by atoms with van der Waals surface area (Å²) >= 11 is 3.36. The molecule has 3 aromatic heterocycles. The average Bonchev–Trinajstić information content (AvgIpc) is 3.60. The lowest BCUT2D eigenvalue weighted by atomic mass is 10.1. The van der Waals surface area contributed by atoms with Crippen molar-refractivity contribution >= 4 is 44.5 Å². The fourth-order valence-corrected chi connectivity index (χ4v) is 7.25. The molecule has 4 atom stereocenters. The van der Waals surface area contributed by atoms with Crippen LogP contribution in [-0.2, 0) is 16.0 Å². The number of benzene rings is 1. The lowest BCUT2D eigenvalue weighted by molar-refractivity contribution is -0.158. The zero-order valence-electron chi connectivity index (χ0n) is 21.3. The number of anilines is 2. The molecule has 8 nitrogen and oxygen atoms in total. The third-order valence-electron chi connectivity index (χ3n) is 6.96. The van der Waals surface area contributed by atoms with Gasteiger partial charge in [0.25, 0.3) is 0 Å². The molecule has 4 aromatic rings. The number of nitrogens with zero attached hydrogens (tertiary/aromatic N) is 3. The zero-order valence-corrected chi connectivity index (χ0v) is 22.9. The summed E-state index contributed by atoms with van der Waals surface area (Å²) in [7, 11) is 0. The van der Waals surface area contributed by atoms with E-state index in [0.29, 0.717) is 12.5 Å². The van der Waals surface area contributed by atoms with Crippen LogP contribution in [0.1, 0.15) is 36.7 Å². The van der Waals surface area contributed by atoms with E-state index in [1.54, 1.807) is 22.7 Å². The number of hydrogen-bond donors (Lipinski definition) is 3. The van der Waals surface area contributed by atoms with E-state index in [2.05, 4.69) is 45.9 Å². The first-order valence-corrected chi connectivity index (χ1v) is 14.2. The number of ether oxygens (including phenoxy) is 2. The Balaban J connectivity index is 1.37. The smallest absolute Gasteiger partial charge is 0.225 e. The normalized spacial score (nSPS) is 24.5. The number of nitrogens with one attached hydrogen (secondary N) is 2. The van der Waals surface area contributed by atoms with Gasteiger partial charge in [0.05, 0.1) is 29.9 Å². The number of thiazole rings is 1. The van der Waals surface area contributed by atoms with Gasteiger partial charge in [-0.2, -0.15) is 4.98 Å². The van der Waals surface area contributed by atoms with Crippen LogP contribution in [0.15, 0.2) is 35.7 Å². The molecule has 2 fully saturated rings. The van der Waals surface area contributed by atoms with Gasteiger partial charge >= 0.3 is 0 Å². The lowest BCUT2D eigenvalue weighted by Crippen LogP contribution is -2.35. The van der Waals surface area contributed by atoms with Crippen LogP contribution >= 0.6 is 22.7 Å².